The van der Waals surface area contributed by atoms with Crippen LogP contribution >= 0.6 is 11.3 Å². The van der Waals surface area contributed by atoms with Crippen LogP contribution in [0.15, 0.2) is 142 Å². The lowest BCUT2D eigenvalue weighted by atomic mass is 9.95. The van der Waals surface area contributed by atoms with Crippen molar-refractivity contribution in [3.63, 3.8) is 0 Å². The molecule has 3 heterocycles. The Labute approximate surface area is 289 Å². The van der Waals surface area contributed by atoms with Crippen LogP contribution in [0.2, 0.25) is 0 Å². The fourth-order valence-corrected chi connectivity index (χ4v) is 7.44. The molecule has 244 valence electrons. The van der Waals surface area contributed by atoms with Crippen LogP contribution in [0.1, 0.15) is 31.0 Å². The highest BCUT2D eigenvalue weighted by Crippen LogP contribution is 2.37. The number of rotatable bonds is 8. The van der Waals surface area contributed by atoms with Crippen LogP contribution in [0.5, 0.6) is 0 Å². The zero-order chi connectivity index (χ0) is 34.1. The largest absolute Gasteiger partial charge is 0.463 e. The Morgan fingerprint density at radius 2 is 1.49 bits per heavy atom. The van der Waals surface area contributed by atoms with Gasteiger partial charge in [-0.15, -0.1) is 0 Å². The third-order valence-corrected chi connectivity index (χ3v) is 9.67. The second-order valence-corrected chi connectivity index (χ2v) is 13.0. The third kappa shape index (κ3) is 5.96. The van der Waals surface area contributed by atoms with Crippen LogP contribution in [-0.2, 0) is 9.53 Å². The van der Waals surface area contributed by atoms with Crippen LogP contribution in [-0.4, -0.2) is 35.8 Å². The Balaban J connectivity index is 1.49. The van der Waals surface area contributed by atoms with E-state index in [0.29, 0.717) is 20.6 Å². The Kier molecular flexibility index (Phi) is 8.72. The first-order chi connectivity index (χ1) is 23.9. The van der Waals surface area contributed by atoms with Crippen molar-refractivity contribution in [1.82, 2.24) is 9.13 Å². The van der Waals surface area contributed by atoms with Crippen LogP contribution in [0.25, 0.3) is 34.3 Å². The van der Waals surface area contributed by atoms with Crippen LogP contribution in [0.3, 0.4) is 0 Å². The van der Waals surface area contributed by atoms with Gasteiger partial charge in [0.05, 0.1) is 39.8 Å². The minimum absolute atomic E-state index is 0.215. The first-order valence-electron chi connectivity index (χ1n) is 16.2. The summed E-state index contributed by atoms with van der Waals surface area (Å²) in [5, 5.41) is 0. The lowest BCUT2D eigenvalue weighted by molar-refractivity contribution is -0.139. The van der Waals surface area contributed by atoms with E-state index in [0.717, 1.165) is 45.0 Å². The number of anilines is 1. The maximum atomic E-state index is 14.6. The van der Waals surface area contributed by atoms with Crippen molar-refractivity contribution in [3.05, 3.63) is 163 Å². The van der Waals surface area contributed by atoms with Gasteiger partial charge >= 0.3 is 5.97 Å². The number of benzene rings is 4. The second kappa shape index (κ2) is 13.4. The smallest absolute Gasteiger partial charge is 0.338 e. The molecule has 4 aromatic carbocycles. The van der Waals surface area contributed by atoms with Crippen molar-refractivity contribution in [1.29, 1.82) is 0 Å². The Hall–Kier alpha value is -5.73. The molecule has 0 saturated carbocycles. The third-order valence-electron chi connectivity index (χ3n) is 8.69. The van der Waals surface area contributed by atoms with Crippen molar-refractivity contribution in [2.45, 2.75) is 19.9 Å². The van der Waals surface area contributed by atoms with Gasteiger partial charge in [-0.25, -0.2) is 9.79 Å². The van der Waals surface area contributed by atoms with Gasteiger partial charge in [-0.1, -0.05) is 102 Å². The van der Waals surface area contributed by atoms with Gasteiger partial charge in [0.1, 0.15) is 0 Å². The fourth-order valence-electron chi connectivity index (χ4n) is 6.40. The van der Waals surface area contributed by atoms with Crippen molar-refractivity contribution in [2.75, 3.05) is 25.6 Å². The molecule has 0 N–H and O–H groups in total. The fraction of sp³-hybridized carbons (Fsp3) is 0.146. The first-order valence-corrected chi connectivity index (χ1v) is 17.1. The molecule has 0 spiro atoms. The number of aromatic nitrogens is 2. The van der Waals surface area contributed by atoms with Gasteiger partial charge in [0.25, 0.3) is 5.56 Å². The lowest BCUT2D eigenvalue weighted by Crippen LogP contribution is -2.40. The molecule has 1 aliphatic heterocycles. The number of allylic oxidation sites excluding steroid dienone is 1. The molecule has 7 rings (SSSR count). The zero-order valence-electron chi connectivity index (χ0n) is 27.8. The van der Waals surface area contributed by atoms with E-state index >= 15 is 0 Å². The molecule has 6 aromatic rings. The minimum atomic E-state index is -0.684. The van der Waals surface area contributed by atoms with Gasteiger partial charge in [0, 0.05) is 31.0 Å². The number of hydrogen-bond donors (Lipinski definition) is 0. The number of carbonyl (C=O) groups is 1. The predicted octanol–water partition coefficient (Wildman–Crippen LogP) is 6.99. The van der Waals surface area contributed by atoms with E-state index in [1.165, 1.54) is 11.3 Å². The normalized spacial score (nSPS) is 14.4. The molecule has 0 amide bonds. The van der Waals surface area contributed by atoms with E-state index < -0.39 is 12.0 Å². The summed E-state index contributed by atoms with van der Waals surface area (Å²) >= 11 is 1.33. The second-order valence-electron chi connectivity index (χ2n) is 12.0. The predicted molar refractivity (Wildman–Crippen MR) is 198 cm³/mol. The molecule has 0 radical (unpaired) electrons. The molecule has 49 heavy (non-hydrogen) atoms. The zero-order valence-corrected chi connectivity index (χ0v) is 28.6. The number of ether oxygens (including phenoxy) is 1. The van der Waals surface area contributed by atoms with Crippen molar-refractivity contribution in [2.24, 2.45) is 4.99 Å². The van der Waals surface area contributed by atoms with Crippen LogP contribution in [0, 0.1) is 0 Å². The summed E-state index contributed by atoms with van der Waals surface area (Å²) in [7, 11) is 3.95. The van der Waals surface area contributed by atoms with E-state index in [4.69, 9.17) is 9.73 Å². The quantitative estimate of drug-likeness (QED) is 0.165. The molecule has 0 fully saturated rings. The summed E-state index contributed by atoms with van der Waals surface area (Å²) < 4.78 is 9.93. The van der Waals surface area contributed by atoms with Crippen molar-refractivity contribution in [3.8, 4) is 28.2 Å². The molecular formula is C41H36N4O3S. The van der Waals surface area contributed by atoms with Gasteiger partial charge in [0.15, 0.2) is 4.80 Å². The van der Waals surface area contributed by atoms with E-state index in [9.17, 15) is 9.59 Å². The highest BCUT2D eigenvalue weighted by Gasteiger charge is 2.33. The average molecular weight is 665 g/mol. The van der Waals surface area contributed by atoms with Gasteiger partial charge < -0.3 is 14.2 Å². The SMILES string of the molecule is CCOC(=O)C1=C(C)N=c2s/c(=C\c3cc(-c4ccccc4)n(-c4ccccc4)c3-c3ccccc3)c(=O)n2[C@H]1c1ccc(N(C)C)cc1. The standard InChI is InChI=1S/C41H36N4O3S/c1-5-48-40(47)36-27(2)42-41-45(38(36)30-21-23-32(24-22-30)43(3)4)39(46)35(49-41)26-31-25-34(28-15-9-6-10-16-28)44(33-19-13-8-14-20-33)37(31)29-17-11-7-12-18-29/h6-26,38H,5H2,1-4H3/b35-26-/t38-/m0/s1. The molecule has 1 aliphatic rings. The molecule has 0 aliphatic carbocycles. The topological polar surface area (TPSA) is 68.8 Å². The molecule has 0 saturated heterocycles. The average Bonchev–Trinajstić information content (AvgIpc) is 3.65. The number of fused-ring (bicyclic) bond motifs is 1. The highest BCUT2D eigenvalue weighted by atomic mass is 32.1. The molecule has 0 unspecified atom stereocenters. The number of para-hydroxylation sites is 1. The summed E-state index contributed by atoms with van der Waals surface area (Å²) in [5.74, 6) is -0.474. The number of thiazole rings is 1. The van der Waals surface area contributed by atoms with Gasteiger partial charge in [0.2, 0.25) is 0 Å². The maximum Gasteiger partial charge on any atom is 0.338 e. The Bertz CT molecular complexity index is 2350. The van der Waals surface area contributed by atoms with Crippen LogP contribution < -0.4 is 19.8 Å². The highest BCUT2D eigenvalue weighted by molar-refractivity contribution is 7.07. The van der Waals surface area contributed by atoms with E-state index in [1.54, 1.807) is 11.5 Å². The van der Waals surface area contributed by atoms with E-state index in [1.807, 2.05) is 111 Å². The monoisotopic (exact) mass is 664 g/mol. The Morgan fingerprint density at radius 1 is 0.878 bits per heavy atom. The number of esters is 1. The molecule has 1 atom stereocenters. The van der Waals surface area contributed by atoms with Crippen molar-refractivity contribution >= 4 is 29.1 Å². The Morgan fingerprint density at radius 3 is 2.10 bits per heavy atom. The van der Waals surface area contributed by atoms with Gasteiger partial charge in [-0.2, -0.15) is 0 Å². The molecule has 7 nitrogen and oxygen atoms in total. The first kappa shape index (κ1) is 31.8. The molecule has 8 heteroatoms. The number of hydrogen-bond acceptors (Lipinski definition) is 6. The number of nitrogens with zero attached hydrogens (tertiary/aromatic N) is 4. The summed E-state index contributed by atoms with van der Waals surface area (Å²) in [6.45, 7) is 3.81. The lowest BCUT2D eigenvalue weighted by Gasteiger charge is -2.25. The van der Waals surface area contributed by atoms with E-state index in [-0.39, 0.29) is 12.2 Å². The molecule has 2 aromatic heterocycles. The number of carbonyl (C=O) groups excluding carboxylic acids is 1. The maximum absolute atomic E-state index is 14.6. The van der Waals surface area contributed by atoms with Crippen molar-refractivity contribution < 1.29 is 9.53 Å². The van der Waals surface area contributed by atoms with E-state index in [2.05, 4.69) is 47.0 Å². The summed E-state index contributed by atoms with van der Waals surface area (Å²) in [6, 6.07) is 40.2. The van der Waals surface area contributed by atoms with Gasteiger partial charge in [-0.05, 0) is 66.9 Å². The summed E-state index contributed by atoms with van der Waals surface area (Å²) in [4.78, 5) is 35.4. The summed E-state index contributed by atoms with van der Waals surface area (Å²) in [6.07, 6.45) is 1.97. The molecular weight excluding hydrogens is 629 g/mol. The van der Waals surface area contributed by atoms with Gasteiger partial charge in [-0.3, -0.25) is 9.36 Å². The minimum Gasteiger partial charge on any atom is -0.463 e. The summed E-state index contributed by atoms with van der Waals surface area (Å²) in [5.41, 5.74) is 8.47. The molecule has 0 bridgehead atoms. The van der Waals surface area contributed by atoms with Crippen LogP contribution in [0.4, 0.5) is 5.69 Å².